The number of unbranched alkanes of at least 4 members (excludes halogenated alkanes) is 1. The van der Waals surface area contributed by atoms with Crippen LogP contribution in [0.5, 0.6) is 11.5 Å². The molecule has 13 heteroatoms. The Morgan fingerprint density at radius 2 is 0.824 bits per heavy atom. The summed E-state index contributed by atoms with van der Waals surface area (Å²) in [5, 5.41) is 29.8. The van der Waals surface area contributed by atoms with E-state index < -0.39 is 17.4 Å². The second kappa shape index (κ2) is 39.6. The fourth-order valence-corrected chi connectivity index (χ4v) is 12.2. The molecule has 0 heterocycles. The largest absolute Gasteiger partial charge is 0.493 e. The van der Waals surface area contributed by atoms with Crippen molar-refractivity contribution in [1.29, 1.82) is 0 Å². The highest BCUT2D eigenvalue weighted by Gasteiger charge is 2.32. The van der Waals surface area contributed by atoms with Gasteiger partial charge in [-0.25, -0.2) is 19.2 Å². The van der Waals surface area contributed by atoms with Crippen LogP contribution in [0.25, 0.3) is 22.3 Å². The number of hydrogen-bond donors (Lipinski definition) is 3. The SMILES string of the molecule is C=C(C)C(=O)OCCCc1cc(-c2ccc(-c3ccc(C)cc3)cc2)cc(CCCOC(=O)C(=C)C)c1OCCCO.C=C(C)C(=O)OCCCc1cc(C2CCC(C3CCC(C)CC3)CC2)cc(CCCOC(=O)C(=C)C)c1OCCC(CO)(CO)CCCC. The second-order valence-corrected chi connectivity index (χ2v) is 25.9. The topological polar surface area (TPSA) is 184 Å². The Balaban J connectivity index is 0.000000334. The smallest absolute Gasteiger partial charge is 0.333 e. The zero-order valence-electron chi connectivity index (χ0n) is 56.2. The summed E-state index contributed by atoms with van der Waals surface area (Å²) < 4.78 is 34.4. The molecule has 3 N–H and O–H groups in total. The summed E-state index contributed by atoms with van der Waals surface area (Å²) in [5.41, 5.74) is 12.1. The fourth-order valence-electron chi connectivity index (χ4n) is 12.2. The molecule has 6 rings (SSSR count). The number of ether oxygens (including phenoxy) is 6. The van der Waals surface area contributed by atoms with E-state index in [1.165, 1.54) is 62.5 Å². The van der Waals surface area contributed by atoms with Crippen LogP contribution in [0, 0.1) is 30.1 Å². The first-order chi connectivity index (χ1) is 43.7. The van der Waals surface area contributed by atoms with E-state index in [1.54, 1.807) is 27.7 Å². The van der Waals surface area contributed by atoms with Crippen LogP contribution in [0.2, 0.25) is 0 Å². The molecule has 0 unspecified atom stereocenters. The maximum absolute atomic E-state index is 12.1. The number of aryl methyl sites for hydroxylation is 5. The molecule has 0 aromatic heterocycles. The van der Waals surface area contributed by atoms with Gasteiger partial charge in [-0.05, 0) is 223 Å². The van der Waals surface area contributed by atoms with Gasteiger partial charge in [0.2, 0.25) is 0 Å². The minimum Gasteiger partial charge on any atom is -0.493 e. The van der Waals surface area contributed by atoms with E-state index in [9.17, 15) is 34.5 Å². The van der Waals surface area contributed by atoms with E-state index in [0.29, 0.717) is 119 Å². The van der Waals surface area contributed by atoms with E-state index in [-0.39, 0.29) is 45.0 Å². The van der Waals surface area contributed by atoms with Crippen LogP contribution in [-0.2, 0) is 63.8 Å². The molecule has 4 aromatic rings. The number of benzene rings is 4. The number of rotatable bonds is 37. The van der Waals surface area contributed by atoms with Crippen molar-refractivity contribution < 1.29 is 62.9 Å². The standard InChI is InChI=1S/C42H66O7.C36H42O6/c1-7-8-21-42(28-43,29-44)22-25-47-39-36(11-9-23-48-40(45)30(2)3)26-38(27-37(39)12-10-24-49-41(46)31(4)5)35-19-17-34(18-20-35)33-15-13-32(6)14-16-33;1-25(2)35(38)41-20-6-9-31-23-33(30-17-15-29(16-18-30)28-13-11-27(5)12-14-28)24-32(34(31)40-22-8-19-37)10-7-21-42-36(39)26(3)4/h26-27,32-35,43-44H,2,4,7-25,28-29H2,1,3,5-6H3;11-18,23-24,37H,1,3,6-10,19-22H2,2,4-5H3. The molecule has 2 saturated carbocycles. The molecule has 0 saturated heterocycles. The fraction of sp³-hybridized carbons (Fsp3) is 0.538. The molecule has 0 radical (unpaired) electrons. The Bertz CT molecular complexity index is 2860. The van der Waals surface area contributed by atoms with Crippen LogP contribution < -0.4 is 9.47 Å². The predicted molar refractivity (Wildman–Crippen MR) is 364 cm³/mol. The van der Waals surface area contributed by atoms with Gasteiger partial charge in [0.05, 0.1) is 52.9 Å². The van der Waals surface area contributed by atoms with Gasteiger partial charge in [0.15, 0.2) is 0 Å². The molecule has 0 spiro atoms. The molecule has 2 aliphatic carbocycles. The van der Waals surface area contributed by atoms with Gasteiger partial charge in [0, 0.05) is 40.7 Å². The monoisotopic (exact) mass is 1250 g/mol. The second-order valence-electron chi connectivity index (χ2n) is 25.9. The van der Waals surface area contributed by atoms with Crippen molar-refractivity contribution in [2.45, 2.75) is 189 Å². The molecule has 91 heavy (non-hydrogen) atoms. The van der Waals surface area contributed by atoms with E-state index in [2.05, 4.69) is 120 Å². The molecule has 0 aliphatic heterocycles. The summed E-state index contributed by atoms with van der Waals surface area (Å²) in [5.74, 6) is 3.10. The zero-order chi connectivity index (χ0) is 66.3. The third-order valence-electron chi connectivity index (χ3n) is 17.9. The number of aliphatic hydroxyl groups excluding tert-OH is 3. The van der Waals surface area contributed by atoms with Crippen molar-refractivity contribution in [1.82, 2.24) is 0 Å². The van der Waals surface area contributed by atoms with Crippen molar-refractivity contribution in [3.63, 3.8) is 0 Å². The van der Waals surface area contributed by atoms with Crippen molar-refractivity contribution in [3.05, 3.63) is 155 Å². The quantitative estimate of drug-likeness (QED) is 0.0168. The molecular weight excluding hydrogens is 1140 g/mol. The molecule has 2 aliphatic rings. The van der Waals surface area contributed by atoms with Crippen LogP contribution in [0.3, 0.4) is 0 Å². The molecule has 0 bridgehead atoms. The predicted octanol–water partition coefficient (Wildman–Crippen LogP) is 16.0. The lowest BCUT2D eigenvalue weighted by Gasteiger charge is -2.37. The molecule has 4 aromatic carbocycles. The Hall–Kier alpha value is -6.80. The van der Waals surface area contributed by atoms with Crippen molar-refractivity contribution in [3.8, 4) is 33.8 Å². The van der Waals surface area contributed by atoms with Gasteiger partial charge in [-0.15, -0.1) is 0 Å². The highest BCUT2D eigenvalue weighted by Crippen LogP contribution is 2.45. The number of carbonyl (C=O) groups excluding carboxylic acids is 4. The maximum atomic E-state index is 12.1. The van der Waals surface area contributed by atoms with Crippen LogP contribution >= 0.6 is 0 Å². The van der Waals surface area contributed by atoms with Crippen molar-refractivity contribution in [2.24, 2.45) is 23.2 Å². The van der Waals surface area contributed by atoms with Gasteiger partial charge in [-0.2, -0.15) is 0 Å². The Morgan fingerprint density at radius 3 is 1.20 bits per heavy atom. The summed E-state index contributed by atoms with van der Waals surface area (Å²) >= 11 is 0. The third kappa shape index (κ3) is 25.0. The van der Waals surface area contributed by atoms with E-state index in [1.807, 2.05) is 0 Å². The van der Waals surface area contributed by atoms with E-state index in [4.69, 9.17) is 28.4 Å². The average Bonchev–Trinajstić information content (AvgIpc) is 1.13. The first-order valence-corrected chi connectivity index (χ1v) is 33.6. The summed E-state index contributed by atoms with van der Waals surface area (Å²) in [6, 6.07) is 25.8. The third-order valence-corrected chi connectivity index (χ3v) is 17.9. The lowest BCUT2D eigenvalue weighted by Crippen LogP contribution is -2.32. The molecule has 13 nitrogen and oxygen atoms in total. The van der Waals surface area contributed by atoms with E-state index >= 15 is 0 Å². The van der Waals surface area contributed by atoms with Gasteiger partial charge in [0.1, 0.15) is 11.5 Å². The summed E-state index contributed by atoms with van der Waals surface area (Å²) in [6.45, 7) is 29.5. The van der Waals surface area contributed by atoms with Crippen LogP contribution in [0.4, 0.5) is 0 Å². The van der Waals surface area contributed by atoms with Gasteiger partial charge < -0.3 is 43.7 Å². The van der Waals surface area contributed by atoms with Crippen molar-refractivity contribution in [2.75, 3.05) is 59.5 Å². The number of carbonyl (C=O) groups is 4. The minimum absolute atomic E-state index is 0.0315. The number of hydrogen-bond acceptors (Lipinski definition) is 13. The summed E-state index contributed by atoms with van der Waals surface area (Å²) in [6.07, 6.45) is 19.3. The Kier molecular flexibility index (Phi) is 32.6. The Morgan fingerprint density at radius 1 is 0.462 bits per heavy atom. The maximum Gasteiger partial charge on any atom is 0.333 e. The van der Waals surface area contributed by atoms with Gasteiger partial charge >= 0.3 is 23.9 Å². The number of esters is 4. The van der Waals surface area contributed by atoms with Crippen LogP contribution in [0.1, 0.15) is 190 Å². The molecule has 0 amide bonds. The van der Waals surface area contributed by atoms with Gasteiger partial charge in [0.25, 0.3) is 0 Å². The first-order valence-electron chi connectivity index (χ1n) is 33.6. The highest BCUT2D eigenvalue weighted by molar-refractivity contribution is 5.88. The van der Waals surface area contributed by atoms with Crippen molar-refractivity contribution >= 4 is 23.9 Å². The van der Waals surface area contributed by atoms with Crippen LogP contribution in [0.15, 0.2) is 121 Å². The molecule has 498 valence electrons. The summed E-state index contributed by atoms with van der Waals surface area (Å²) in [7, 11) is 0. The number of aliphatic hydroxyl groups is 3. The minimum atomic E-state index is -0.585. The molecule has 2 fully saturated rings. The average molecular weight is 1250 g/mol. The lowest BCUT2D eigenvalue weighted by atomic mass is 9.68. The first kappa shape index (κ1) is 74.9. The highest BCUT2D eigenvalue weighted by atomic mass is 16.5. The molecule has 0 atom stereocenters. The molecular formula is C78H108O13. The van der Waals surface area contributed by atoms with Gasteiger partial charge in [-0.3, -0.25) is 0 Å². The van der Waals surface area contributed by atoms with E-state index in [0.717, 1.165) is 93.0 Å². The van der Waals surface area contributed by atoms with Crippen LogP contribution in [-0.4, -0.2) is 98.7 Å². The van der Waals surface area contributed by atoms with Gasteiger partial charge in [-0.1, -0.05) is 132 Å². The summed E-state index contributed by atoms with van der Waals surface area (Å²) in [4.78, 5) is 47.9. The normalized spacial score (nSPS) is 16.3. The lowest BCUT2D eigenvalue weighted by molar-refractivity contribution is -0.139. The zero-order valence-corrected chi connectivity index (χ0v) is 56.2. The Labute approximate surface area is 544 Å².